The molecule has 2 heterocycles. The molecule has 1 amide bonds. The number of fused-ring (bicyclic) bond motifs is 1. The number of halogens is 2. The molecule has 0 radical (unpaired) electrons. The van der Waals surface area contributed by atoms with Crippen LogP contribution in [0.5, 0.6) is 0 Å². The summed E-state index contributed by atoms with van der Waals surface area (Å²) in [6, 6.07) is 0. The van der Waals surface area contributed by atoms with Crippen LogP contribution in [0.25, 0.3) is 0 Å². The first-order valence-electron chi connectivity index (χ1n) is 3.76. The van der Waals surface area contributed by atoms with Gasteiger partial charge < -0.3 is 5.32 Å². The van der Waals surface area contributed by atoms with Crippen LogP contribution in [-0.4, -0.2) is 16.7 Å². The van der Waals surface area contributed by atoms with Crippen LogP contribution in [0.2, 0.25) is 5.15 Å². The SMILES string of the molecule is O=C1CC(=O)c2cnc(Cl)c(F)c2N1. The molecule has 2 rings (SSSR count). The maximum atomic E-state index is 13.3. The third-order valence-corrected chi connectivity index (χ3v) is 2.13. The van der Waals surface area contributed by atoms with E-state index in [4.69, 9.17) is 11.6 Å². The molecule has 1 aromatic rings. The van der Waals surface area contributed by atoms with Crippen LogP contribution in [0.1, 0.15) is 16.8 Å². The fourth-order valence-corrected chi connectivity index (χ4v) is 1.37. The number of nitrogens with one attached hydrogen (secondary N) is 1. The van der Waals surface area contributed by atoms with Gasteiger partial charge in [-0.2, -0.15) is 0 Å². The minimum atomic E-state index is -0.870. The van der Waals surface area contributed by atoms with Crippen molar-refractivity contribution < 1.29 is 14.0 Å². The second-order valence-electron chi connectivity index (χ2n) is 2.80. The number of rotatable bonds is 0. The monoisotopic (exact) mass is 214 g/mol. The Balaban J connectivity index is 2.65. The van der Waals surface area contributed by atoms with E-state index in [0.717, 1.165) is 6.20 Å². The zero-order valence-corrected chi connectivity index (χ0v) is 7.56. The van der Waals surface area contributed by atoms with Gasteiger partial charge in [0.05, 0.1) is 17.7 Å². The third kappa shape index (κ3) is 1.26. The second kappa shape index (κ2) is 3.02. The molecular formula is C8H4ClFN2O2. The number of anilines is 1. The summed E-state index contributed by atoms with van der Waals surface area (Å²) in [5, 5.41) is 1.88. The molecule has 72 valence electrons. The molecule has 4 nitrogen and oxygen atoms in total. The highest BCUT2D eigenvalue weighted by Crippen LogP contribution is 2.28. The third-order valence-electron chi connectivity index (χ3n) is 1.86. The highest BCUT2D eigenvalue weighted by molar-refractivity contribution is 6.30. The first-order chi connectivity index (χ1) is 6.59. The topological polar surface area (TPSA) is 59.1 Å². The van der Waals surface area contributed by atoms with Gasteiger partial charge in [0.15, 0.2) is 16.8 Å². The molecule has 1 aliphatic heterocycles. The van der Waals surface area contributed by atoms with Crippen LogP contribution in [0.3, 0.4) is 0 Å². The minimum Gasteiger partial charge on any atom is -0.322 e. The molecule has 0 fully saturated rings. The average Bonchev–Trinajstić information content (AvgIpc) is 2.12. The fraction of sp³-hybridized carbons (Fsp3) is 0.125. The standard InChI is InChI=1S/C8H4ClFN2O2/c9-8-6(10)7-3(2-11-8)4(13)1-5(14)12-7/h2H,1H2,(H,12,14). The zero-order valence-electron chi connectivity index (χ0n) is 6.80. The van der Waals surface area contributed by atoms with Crippen molar-refractivity contribution in [2.24, 2.45) is 0 Å². The maximum Gasteiger partial charge on any atom is 0.232 e. The lowest BCUT2D eigenvalue weighted by molar-refractivity contribution is -0.115. The summed E-state index contributed by atoms with van der Waals surface area (Å²) in [4.78, 5) is 25.7. The van der Waals surface area contributed by atoms with Crippen molar-refractivity contribution in [3.8, 4) is 0 Å². The minimum absolute atomic E-state index is 0.0616. The van der Waals surface area contributed by atoms with E-state index >= 15 is 0 Å². The van der Waals surface area contributed by atoms with Crippen molar-refractivity contribution in [1.82, 2.24) is 4.98 Å². The van der Waals surface area contributed by atoms with Gasteiger partial charge in [-0.3, -0.25) is 9.59 Å². The zero-order chi connectivity index (χ0) is 10.3. The number of amides is 1. The summed E-state index contributed by atoms with van der Waals surface area (Å²) in [7, 11) is 0. The molecule has 1 aromatic heterocycles. The number of hydrogen-bond donors (Lipinski definition) is 1. The Kier molecular flexibility index (Phi) is 1.96. The van der Waals surface area contributed by atoms with Crippen molar-refractivity contribution >= 4 is 29.0 Å². The molecule has 1 aliphatic rings. The second-order valence-corrected chi connectivity index (χ2v) is 3.16. The van der Waals surface area contributed by atoms with Gasteiger partial charge in [-0.1, -0.05) is 11.6 Å². The number of carbonyl (C=O) groups excluding carboxylic acids is 2. The molecule has 14 heavy (non-hydrogen) atoms. The van der Waals surface area contributed by atoms with Crippen LogP contribution in [-0.2, 0) is 4.79 Å². The lowest BCUT2D eigenvalue weighted by atomic mass is 10.0. The normalized spacial score (nSPS) is 15.0. The van der Waals surface area contributed by atoms with Crippen LogP contribution >= 0.6 is 11.6 Å². The summed E-state index contributed by atoms with van der Waals surface area (Å²) in [6.45, 7) is 0. The molecule has 1 N–H and O–H groups in total. The Morgan fingerprint density at radius 2 is 2.21 bits per heavy atom. The highest BCUT2D eigenvalue weighted by atomic mass is 35.5. The molecule has 0 saturated carbocycles. The number of carbonyl (C=O) groups is 2. The Hall–Kier alpha value is -1.49. The van der Waals surface area contributed by atoms with E-state index in [2.05, 4.69) is 10.3 Å². The smallest absolute Gasteiger partial charge is 0.232 e. The van der Waals surface area contributed by atoms with Crippen molar-refractivity contribution in [3.05, 3.63) is 22.7 Å². The quantitative estimate of drug-likeness (QED) is 0.525. The number of Topliss-reactive ketones (excluding diaryl/α,β-unsaturated/α-hetero) is 1. The number of nitrogens with zero attached hydrogens (tertiary/aromatic N) is 1. The highest BCUT2D eigenvalue weighted by Gasteiger charge is 2.26. The maximum absolute atomic E-state index is 13.3. The molecular weight excluding hydrogens is 211 g/mol. The summed E-state index contributed by atoms with van der Waals surface area (Å²) >= 11 is 5.39. The molecule has 0 aliphatic carbocycles. The van der Waals surface area contributed by atoms with Crippen molar-refractivity contribution in [1.29, 1.82) is 0 Å². The Bertz CT molecular complexity index is 447. The van der Waals surface area contributed by atoms with E-state index in [9.17, 15) is 14.0 Å². The Morgan fingerprint density at radius 3 is 2.93 bits per heavy atom. The largest absolute Gasteiger partial charge is 0.322 e. The first kappa shape index (κ1) is 9.08. The van der Waals surface area contributed by atoms with E-state index in [-0.39, 0.29) is 22.8 Å². The Morgan fingerprint density at radius 1 is 1.50 bits per heavy atom. The predicted molar refractivity (Wildman–Crippen MR) is 46.8 cm³/mol. The van der Waals surface area contributed by atoms with Gasteiger partial charge in [0, 0.05) is 6.20 Å². The van der Waals surface area contributed by atoms with Crippen LogP contribution in [0.15, 0.2) is 6.20 Å². The van der Waals surface area contributed by atoms with Crippen molar-refractivity contribution in [3.63, 3.8) is 0 Å². The van der Waals surface area contributed by atoms with Crippen LogP contribution < -0.4 is 5.32 Å². The summed E-state index contributed by atoms with van der Waals surface area (Å²) in [5.41, 5.74) is -0.113. The van der Waals surface area contributed by atoms with E-state index in [1.165, 1.54) is 0 Å². The van der Waals surface area contributed by atoms with E-state index in [1.807, 2.05) is 0 Å². The summed E-state index contributed by atoms with van der Waals surface area (Å²) in [6.07, 6.45) is 0.873. The first-order valence-corrected chi connectivity index (χ1v) is 4.14. The van der Waals surface area contributed by atoms with Gasteiger partial charge in [0.2, 0.25) is 5.91 Å². The molecule has 0 atom stereocenters. The van der Waals surface area contributed by atoms with Gasteiger partial charge in [-0.15, -0.1) is 0 Å². The molecule has 6 heteroatoms. The fourth-order valence-electron chi connectivity index (χ4n) is 1.22. The van der Waals surface area contributed by atoms with Gasteiger partial charge in [-0.05, 0) is 0 Å². The van der Waals surface area contributed by atoms with E-state index in [0.29, 0.717) is 0 Å². The molecule has 0 unspecified atom stereocenters. The summed E-state index contributed by atoms with van der Waals surface area (Å²) < 4.78 is 13.3. The van der Waals surface area contributed by atoms with Gasteiger partial charge in [0.1, 0.15) is 0 Å². The number of hydrogen-bond acceptors (Lipinski definition) is 3. The summed E-state index contributed by atoms with van der Waals surface area (Å²) in [5.74, 6) is -1.86. The van der Waals surface area contributed by atoms with Gasteiger partial charge >= 0.3 is 0 Å². The lowest BCUT2D eigenvalue weighted by Crippen LogP contribution is -2.25. The van der Waals surface area contributed by atoms with Gasteiger partial charge in [0.25, 0.3) is 0 Å². The average molecular weight is 215 g/mol. The molecule has 0 aromatic carbocycles. The number of pyridine rings is 1. The number of aromatic nitrogens is 1. The Labute approximate surface area is 83.1 Å². The van der Waals surface area contributed by atoms with E-state index in [1.54, 1.807) is 0 Å². The lowest BCUT2D eigenvalue weighted by Gasteiger charge is -2.15. The molecule has 0 spiro atoms. The van der Waals surface area contributed by atoms with Crippen LogP contribution in [0.4, 0.5) is 10.1 Å². The predicted octanol–water partition coefficient (Wildman–Crippen LogP) is 1.40. The van der Waals surface area contributed by atoms with Crippen molar-refractivity contribution in [2.75, 3.05) is 5.32 Å². The molecule has 0 bridgehead atoms. The van der Waals surface area contributed by atoms with E-state index < -0.39 is 17.5 Å². The van der Waals surface area contributed by atoms with Crippen molar-refractivity contribution in [2.45, 2.75) is 6.42 Å². The van der Waals surface area contributed by atoms with Gasteiger partial charge in [-0.25, -0.2) is 9.37 Å². The van der Waals surface area contributed by atoms with Crippen LogP contribution in [0, 0.1) is 5.82 Å². The molecule has 0 saturated heterocycles. The number of ketones is 1.